The Hall–Kier alpha value is -3.91. The summed E-state index contributed by atoms with van der Waals surface area (Å²) in [6.45, 7) is -0.412. The van der Waals surface area contributed by atoms with Gasteiger partial charge < -0.3 is 33.7 Å². The topological polar surface area (TPSA) is 86.6 Å². The molecule has 4 aromatic rings. The molecule has 2 aliphatic rings. The van der Waals surface area contributed by atoms with Crippen molar-refractivity contribution in [3.05, 3.63) is 96.1 Å². The van der Waals surface area contributed by atoms with Crippen molar-refractivity contribution in [2.75, 3.05) is 13.6 Å². The second kappa shape index (κ2) is 10.2. The van der Waals surface area contributed by atoms with E-state index < -0.39 is 13.8 Å². The smallest absolute Gasteiger partial charge is 0.359 e. The molecule has 0 saturated heterocycles. The van der Waals surface area contributed by atoms with Gasteiger partial charge in [0.25, 0.3) is 0 Å². The summed E-state index contributed by atoms with van der Waals surface area (Å²) in [5.41, 5.74) is 4.92. The number of rotatable bonds is 8. The normalized spacial score (nSPS) is 13.0. The van der Waals surface area contributed by atoms with E-state index in [0.29, 0.717) is 36.2 Å². The number of benzene rings is 4. The van der Waals surface area contributed by atoms with Crippen LogP contribution in [0.2, 0.25) is 0 Å². The van der Waals surface area contributed by atoms with E-state index >= 15 is 0 Å². The van der Waals surface area contributed by atoms with Gasteiger partial charge in [0.15, 0.2) is 23.0 Å². The maximum atomic E-state index is 10.9. The second-order valence-corrected chi connectivity index (χ2v) is 9.01. The Morgan fingerprint density at radius 3 is 1.46 bits per heavy atom. The van der Waals surface area contributed by atoms with Crippen LogP contribution in [-0.2, 0) is 18.0 Å². The Balaban J connectivity index is 1.09. The third-order valence-electron chi connectivity index (χ3n) is 6.50. The fourth-order valence-corrected chi connectivity index (χ4v) is 4.54. The average Bonchev–Trinajstić information content (AvgIpc) is 3.61. The molecule has 0 spiro atoms. The van der Waals surface area contributed by atoms with Gasteiger partial charge in [0.2, 0.25) is 13.6 Å². The Labute approximate surface area is 215 Å². The van der Waals surface area contributed by atoms with E-state index in [1.807, 2.05) is 72.8 Å². The number of ether oxygens (including phenoxy) is 5. The SMILES string of the molecule is OB(c1cccc(COCc2cccc(B(O)c3ccc4c(c3)OCO4)c2)c1)c1ccc2c(c1)OCO2. The van der Waals surface area contributed by atoms with Crippen molar-refractivity contribution in [2.24, 2.45) is 0 Å². The number of hydrogen-bond acceptors (Lipinski definition) is 7. The molecule has 7 nitrogen and oxygen atoms in total. The summed E-state index contributed by atoms with van der Waals surface area (Å²) in [6, 6.07) is 26.3. The zero-order chi connectivity index (χ0) is 25.2. The molecule has 2 N–H and O–H groups in total. The van der Waals surface area contributed by atoms with Crippen LogP contribution >= 0.6 is 0 Å². The van der Waals surface area contributed by atoms with Crippen LogP contribution in [0.5, 0.6) is 23.0 Å². The molecule has 37 heavy (non-hydrogen) atoms. The molecule has 2 heterocycles. The van der Waals surface area contributed by atoms with Crippen molar-refractivity contribution in [3.63, 3.8) is 0 Å². The first-order valence-corrected chi connectivity index (χ1v) is 12.0. The fourth-order valence-electron chi connectivity index (χ4n) is 4.54. The third kappa shape index (κ3) is 5.02. The van der Waals surface area contributed by atoms with Gasteiger partial charge in [-0.25, -0.2) is 0 Å². The van der Waals surface area contributed by atoms with Gasteiger partial charge in [-0.15, -0.1) is 0 Å². The van der Waals surface area contributed by atoms with Crippen molar-refractivity contribution in [1.29, 1.82) is 0 Å². The minimum Gasteiger partial charge on any atom is -0.454 e. The lowest BCUT2D eigenvalue weighted by Gasteiger charge is -2.12. The summed E-state index contributed by atoms with van der Waals surface area (Å²) in [7, 11) is 0. The van der Waals surface area contributed by atoms with Crippen molar-refractivity contribution in [2.45, 2.75) is 13.2 Å². The maximum Gasteiger partial charge on any atom is 0.359 e. The van der Waals surface area contributed by atoms with Crippen LogP contribution in [-0.4, -0.2) is 37.5 Å². The molecule has 0 fully saturated rings. The minimum absolute atomic E-state index is 0.196. The lowest BCUT2D eigenvalue weighted by Crippen LogP contribution is -2.42. The first-order valence-electron chi connectivity index (χ1n) is 12.0. The monoisotopic (exact) mass is 494 g/mol. The maximum absolute atomic E-state index is 10.9. The van der Waals surface area contributed by atoms with E-state index in [1.165, 1.54) is 0 Å². The van der Waals surface area contributed by atoms with Gasteiger partial charge in [-0.2, -0.15) is 0 Å². The zero-order valence-electron chi connectivity index (χ0n) is 20.0. The summed E-state index contributed by atoms with van der Waals surface area (Å²) in [6.07, 6.45) is 0. The van der Waals surface area contributed by atoms with Crippen molar-refractivity contribution >= 4 is 35.7 Å². The van der Waals surface area contributed by atoms with Gasteiger partial charge in [-0.1, -0.05) is 60.7 Å². The molecule has 184 valence electrons. The molecule has 0 saturated carbocycles. The molecule has 9 heteroatoms. The quantitative estimate of drug-likeness (QED) is 0.355. The molecule has 0 aliphatic carbocycles. The van der Waals surface area contributed by atoms with E-state index in [4.69, 9.17) is 23.7 Å². The highest BCUT2D eigenvalue weighted by molar-refractivity contribution is 6.79. The zero-order valence-corrected chi connectivity index (χ0v) is 20.0. The van der Waals surface area contributed by atoms with Crippen LogP contribution in [0.15, 0.2) is 84.9 Å². The summed E-state index contributed by atoms with van der Waals surface area (Å²) in [5.74, 6) is 2.65. The molecule has 0 radical (unpaired) electrons. The standard InChI is InChI=1S/C28H24B2O7/c31-29(23-7-9-25-27(13-23)36-17-34-25)21-5-1-3-19(11-21)15-33-16-20-4-2-6-22(12-20)30(32)24-8-10-26-28(14-24)37-18-35-26/h1-14,31-32H,15-18H2. The predicted molar refractivity (Wildman–Crippen MR) is 141 cm³/mol. The first-order chi connectivity index (χ1) is 18.1. The number of hydrogen-bond donors (Lipinski definition) is 2. The lowest BCUT2D eigenvalue weighted by molar-refractivity contribution is 0.107. The molecule has 0 aromatic heterocycles. The molecule has 4 aromatic carbocycles. The van der Waals surface area contributed by atoms with Crippen LogP contribution in [0.1, 0.15) is 11.1 Å². The van der Waals surface area contributed by atoms with E-state index in [-0.39, 0.29) is 13.6 Å². The fraction of sp³-hybridized carbons (Fsp3) is 0.143. The number of fused-ring (bicyclic) bond motifs is 2. The van der Waals surface area contributed by atoms with Gasteiger partial charge in [0.05, 0.1) is 13.2 Å². The average molecular weight is 494 g/mol. The van der Waals surface area contributed by atoms with E-state index in [0.717, 1.165) is 33.0 Å². The summed E-state index contributed by atoms with van der Waals surface area (Å²) < 4.78 is 27.5. The van der Waals surface area contributed by atoms with Crippen LogP contribution < -0.4 is 40.8 Å². The van der Waals surface area contributed by atoms with Crippen molar-refractivity contribution in [3.8, 4) is 23.0 Å². The van der Waals surface area contributed by atoms with Crippen molar-refractivity contribution < 1.29 is 33.7 Å². The Morgan fingerprint density at radius 2 is 0.973 bits per heavy atom. The van der Waals surface area contributed by atoms with E-state index in [2.05, 4.69) is 0 Å². The summed E-state index contributed by atoms with van der Waals surface area (Å²) in [4.78, 5) is 0. The van der Waals surface area contributed by atoms with Crippen molar-refractivity contribution in [1.82, 2.24) is 0 Å². The molecule has 2 aliphatic heterocycles. The van der Waals surface area contributed by atoms with Crippen LogP contribution in [0.4, 0.5) is 0 Å². The van der Waals surface area contributed by atoms with Gasteiger partial charge in [-0.3, -0.25) is 0 Å². The van der Waals surface area contributed by atoms with Gasteiger partial charge in [-0.05, 0) is 57.2 Å². The largest absolute Gasteiger partial charge is 0.454 e. The van der Waals surface area contributed by atoms with Crippen LogP contribution in [0.25, 0.3) is 0 Å². The molecule has 0 amide bonds. The van der Waals surface area contributed by atoms with E-state index in [1.54, 1.807) is 12.1 Å². The Kier molecular flexibility index (Phi) is 6.49. The summed E-state index contributed by atoms with van der Waals surface area (Å²) in [5, 5.41) is 21.8. The van der Waals surface area contributed by atoms with Gasteiger partial charge in [0, 0.05) is 0 Å². The molecular formula is C28H24B2O7. The molecule has 0 bridgehead atoms. The second-order valence-electron chi connectivity index (χ2n) is 9.01. The highest BCUT2D eigenvalue weighted by Gasteiger charge is 2.23. The Morgan fingerprint density at radius 1 is 0.541 bits per heavy atom. The predicted octanol–water partition coefficient (Wildman–Crippen LogP) is 1.06. The highest BCUT2D eigenvalue weighted by Crippen LogP contribution is 2.30. The van der Waals surface area contributed by atoms with Crippen LogP contribution in [0, 0.1) is 0 Å². The van der Waals surface area contributed by atoms with E-state index in [9.17, 15) is 10.0 Å². The molecule has 6 rings (SSSR count). The van der Waals surface area contributed by atoms with Crippen LogP contribution in [0.3, 0.4) is 0 Å². The molecule has 0 atom stereocenters. The van der Waals surface area contributed by atoms with Gasteiger partial charge >= 0.3 is 13.8 Å². The third-order valence-corrected chi connectivity index (χ3v) is 6.50. The summed E-state index contributed by atoms with van der Waals surface area (Å²) >= 11 is 0. The molecular weight excluding hydrogens is 470 g/mol. The van der Waals surface area contributed by atoms with Gasteiger partial charge in [0.1, 0.15) is 0 Å². The first kappa shape index (κ1) is 23.5. The Bertz CT molecular complexity index is 1320. The lowest BCUT2D eigenvalue weighted by atomic mass is 9.55. The minimum atomic E-state index is -0.788. The molecule has 0 unspecified atom stereocenters. The highest BCUT2D eigenvalue weighted by atomic mass is 16.7.